The van der Waals surface area contributed by atoms with Gasteiger partial charge in [0, 0.05) is 35.0 Å². The number of nitrogen functional groups attached to an aromatic ring is 1. The fourth-order valence-electron chi connectivity index (χ4n) is 1.81. The normalized spacial score (nSPS) is 13.4. The van der Waals surface area contributed by atoms with Crippen LogP contribution >= 0.6 is 0 Å². The van der Waals surface area contributed by atoms with Gasteiger partial charge < -0.3 is 5.73 Å². The number of nitrogens with one attached hydrogen (secondary N) is 1. The van der Waals surface area contributed by atoms with Crippen molar-refractivity contribution in [3.63, 3.8) is 0 Å². The third kappa shape index (κ3) is 4.29. The number of rotatable bonds is 6. The quantitative estimate of drug-likeness (QED) is 0.604. The third-order valence-corrected chi connectivity index (χ3v) is 5.43. The van der Waals surface area contributed by atoms with E-state index in [4.69, 9.17) is 5.73 Å². The Kier molecular flexibility index (Phi) is 5.51. The van der Waals surface area contributed by atoms with Gasteiger partial charge in [0.25, 0.3) is 0 Å². The van der Waals surface area contributed by atoms with E-state index >= 15 is 0 Å². The fraction of sp³-hybridized carbons (Fsp3) is 0.500. The molecule has 0 fully saturated rings. The van der Waals surface area contributed by atoms with Gasteiger partial charge in [0.05, 0.1) is 4.90 Å². The molecule has 0 aliphatic carbocycles. The van der Waals surface area contributed by atoms with Gasteiger partial charge >= 0.3 is 0 Å². The molecule has 3 N–H and O–H groups in total. The Morgan fingerprint density at radius 1 is 1.32 bits per heavy atom. The molecule has 1 atom stereocenters. The van der Waals surface area contributed by atoms with Crippen molar-refractivity contribution < 1.29 is 12.6 Å². The zero-order valence-electron chi connectivity index (χ0n) is 11.4. The molecule has 0 spiro atoms. The van der Waals surface area contributed by atoms with E-state index < -0.39 is 20.8 Å². The van der Waals surface area contributed by atoms with Crippen molar-refractivity contribution in [3.05, 3.63) is 23.3 Å². The van der Waals surface area contributed by atoms with E-state index in [2.05, 4.69) is 4.72 Å². The summed E-state index contributed by atoms with van der Waals surface area (Å²) >= 11 is 0. The maximum absolute atomic E-state index is 12.2. The summed E-state index contributed by atoms with van der Waals surface area (Å²) < 4.78 is 37.9. The van der Waals surface area contributed by atoms with E-state index in [0.29, 0.717) is 29.0 Å². The number of benzene rings is 1. The molecular formula is C12H20N2O3S2. The van der Waals surface area contributed by atoms with Crippen LogP contribution in [0.4, 0.5) is 5.69 Å². The predicted octanol–water partition coefficient (Wildman–Crippen LogP) is 0.933. The maximum Gasteiger partial charge on any atom is 0.241 e. The topological polar surface area (TPSA) is 89.3 Å². The molecule has 1 aromatic carbocycles. The Morgan fingerprint density at radius 3 is 2.53 bits per heavy atom. The first kappa shape index (κ1) is 16.1. The van der Waals surface area contributed by atoms with E-state index in [0.717, 1.165) is 0 Å². The summed E-state index contributed by atoms with van der Waals surface area (Å²) in [6.45, 7) is 3.70. The van der Waals surface area contributed by atoms with Gasteiger partial charge in [-0.05, 0) is 37.5 Å². The zero-order valence-corrected chi connectivity index (χ0v) is 13.0. The van der Waals surface area contributed by atoms with E-state index in [1.165, 1.54) is 0 Å². The van der Waals surface area contributed by atoms with Gasteiger partial charge in [-0.3, -0.25) is 4.21 Å². The van der Waals surface area contributed by atoms with Gasteiger partial charge in [-0.2, -0.15) is 0 Å². The van der Waals surface area contributed by atoms with Gasteiger partial charge in [0.1, 0.15) is 0 Å². The molecule has 0 saturated heterocycles. The molecule has 0 radical (unpaired) electrons. The Hall–Kier alpha value is -0.920. The maximum atomic E-state index is 12.2. The predicted molar refractivity (Wildman–Crippen MR) is 79.1 cm³/mol. The number of hydrogen-bond acceptors (Lipinski definition) is 4. The number of hydrogen-bond donors (Lipinski definition) is 2. The first-order valence-corrected chi connectivity index (χ1v) is 9.12. The molecule has 0 aliphatic rings. The summed E-state index contributed by atoms with van der Waals surface area (Å²) in [4.78, 5) is 0.241. The van der Waals surface area contributed by atoms with Gasteiger partial charge in [-0.25, -0.2) is 13.1 Å². The molecule has 0 amide bonds. The van der Waals surface area contributed by atoms with Crippen LogP contribution in [0.25, 0.3) is 0 Å². The largest absolute Gasteiger partial charge is 0.398 e. The van der Waals surface area contributed by atoms with Crippen molar-refractivity contribution in [1.82, 2.24) is 4.72 Å². The van der Waals surface area contributed by atoms with Crippen molar-refractivity contribution in [2.24, 2.45) is 0 Å². The number of sulfonamides is 1. The minimum Gasteiger partial charge on any atom is -0.398 e. The first-order valence-electron chi connectivity index (χ1n) is 5.91. The fourth-order valence-corrected chi connectivity index (χ4v) is 3.93. The Bertz CT molecular complexity index is 583. The highest BCUT2D eigenvalue weighted by Crippen LogP contribution is 2.24. The van der Waals surface area contributed by atoms with Gasteiger partial charge in [-0.1, -0.05) is 6.07 Å². The van der Waals surface area contributed by atoms with Crippen LogP contribution in [0.15, 0.2) is 17.0 Å². The second-order valence-corrected chi connectivity index (χ2v) is 7.71. The molecule has 5 nitrogen and oxygen atoms in total. The molecule has 19 heavy (non-hydrogen) atoms. The van der Waals surface area contributed by atoms with Crippen molar-refractivity contribution in [2.75, 3.05) is 24.3 Å². The van der Waals surface area contributed by atoms with Crippen LogP contribution in [0.5, 0.6) is 0 Å². The molecular weight excluding hydrogens is 284 g/mol. The molecule has 108 valence electrons. The number of aryl methyl sites for hydroxylation is 1. The summed E-state index contributed by atoms with van der Waals surface area (Å²) in [5, 5.41) is 0. The van der Waals surface area contributed by atoms with Crippen LogP contribution in [-0.2, 0) is 20.8 Å². The summed E-state index contributed by atoms with van der Waals surface area (Å²) in [6.07, 6.45) is 2.14. The van der Waals surface area contributed by atoms with Crippen LogP contribution < -0.4 is 10.5 Å². The SMILES string of the molecule is Cc1ccc(N)c(C)c1S(=O)(=O)NCCCS(C)=O. The van der Waals surface area contributed by atoms with Crippen LogP contribution in [0.1, 0.15) is 17.5 Å². The highest BCUT2D eigenvalue weighted by molar-refractivity contribution is 7.89. The molecule has 1 aromatic rings. The lowest BCUT2D eigenvalue weighted by Crippen LogP contribution is -2.27. The highest BCUT2D eigenvalue weighted by atomic mass is 32.2. The second-order valence-electron chi connectivity index (χ2n) is 4.45. The van der Waals surface area contributed by atoms with Gasteiger partial charge in [-0.15, -0.1) is 0 Å². The minimum absolute atomic E-state index is 0.241. The van der Waals surface area contributed by atoms with E-state index in [1.807, 2.05) is 0 Å². The second kappa shape index (κ2) is 6.49. The molecule has 1 rings (SSSR count). The molecule has 1 unspecified atom stereocenters. The monoisotopic (exact) mass is 304 g/mol. The molecule has 0 aliphatic heterocycles. The standard InChI is InChI=1S/C12H20N2O3S2/c1-9-5-6-11(13)10(2)12(9)19(16,17)14-7-4-8-18(3)15/h5-6,14H,4,7-8,13H2,1-3H3. The smallest absolute Gasteiger partial charge is 0.241 e. The Labute approximate surface area is 117 Å². The van der Waals surface area contributed by atoms with Crippen LogP contribution in [0.2, 0.25) is 0 Å². The lowest BCUT2D eigenvalue weighted by molar-refractivity contribution is 0.579. The van der Waals surface area contributed by atoms with Crippen molar-refractivity contribution in [2.45, 2.75) is 25.2 Å². The van der Waals surface area contributed by atoms with E-state index in [1.54, 1.807) is 32.2 Å². The number of nitrogens with two attached hydrogens (primary N) is 1. The molecule has 0 heterocycles. The van der Waals surface area contributed by atoms with Crippen LogP contribution in [-0.4, -0.2) is 31.2 Å². The molecule has 0 bridgehead atoms. The summed E-state index contributed by atoms with van der Waals surface area (Å²) in [5.74, 6) is 0.484. The lowest BCUT2D eigenvalue weighted by Gasteiger charge is -2.13. The lowest BCUT2D eigenvalue weighted by atomic mass is 10.1. The van der Waals surface area contributed by atoms with Crippen molar-refractivity contribution >= 4 is 26.5 Å². The average molecular weight is 304 g/mol. The third-order valence-electron chi connectivity index (χ3n) is 2.81. The molecule has 0 aromatic heterocycles. The van der Waals surface area contributed by atoms with Gasteiger partial charge in [0.2, 0.25) is 10.0 Å². The van der Waals surface area contributed by atoms with Gasteiger partial charge in [0.15, 0.2) is 0 Å². The number of anilines is 1. The van der Waals surface area contributed by atoms with E-state index in [-0.39, 0.29) is 11.4 Å². The zero-order chi connectivity index (χ0) is 14.6. The summed E-state index contributed by atoms with van der Waals surface area (Å²) in [6, 6.07) is 3.39. The minimum atomic E-state index is -3.57. The average Bonchev–Trinajstić information content (AvgIpc) is 2.29. The summed E-state index contributed by atoms with van der Waals surface area (Å²) in [7, 11) is -4.48. The van der Waals surface area contributed by atoms with E-state index in [9.17, 15) is 12.6 Å². The van der Waals surface area contributed by atoms with Crippen molar-refractivity contribution in [3.8, 4) is 0 Å². The Balaban J connectivity index is 2.89. The van der Waals surface area contributed by atoms with Crippen LogP contribution in [0.3, 0.4) is 0 Å². The molecule has 7 heteroatoms. The highest BCUT2D eigenvalue weighted by Gasteiger charge is 2.20. The molecule has 0 saturated carbocycles. The first-order chi connectivity index (χ1) is 8.75. The Morgan fingerprint density at radius 2 is 1.95 bits per heavy atom. The van der Waals surface area contributed by atoms with Crippen molar-refractivity contribution in [1.29, 1.82) is 0 Å². The van der Waals surface area contributed by atoms with Crippen LogP contribution in [0, 0.1) is 13.8 Å². The summed E-state index contributed by atoms with van der Waals surface area (Å²) in [5.41, 5.74) is 7.43.